The molecule has 0 aromatic heterocycles. The zero-order valence-corrected chi connectivity index (χ0v) is 15.7. The van der Waals surface area contributed by atoms with Gasteiger partial charge in [0.1, 0.15) is 11.6 Å². The number of aryl methyl sites for hydroxylation is 2. The van der Waals surface area contributed by atoms with Crippen LogP contribution in [0.2, 0.25) is 0 Å². The lowest BCUT2D eigenvalue weighted by molar-refractivity contribution is -0.112. The predicted molar refractivity (Wildman–Crippen MR) is 101 cm³/mol. The lowest BCUT2D eigenvalue weighted by Gasteiger charge is -2.34. The van der Waals surface area contributed by atoms with E-state index in [9.17, 15) is 10.1 Å². The van der Waals surface area contributed by atoms with Gasteiger partial charge in [-0.2, -0.15) is 5.26 Å². The van der Waals surface area contributed by atoms with Gasteiger partial charge in [-0.25, -0.2) is 0 Å². The van der Waals surface area contributed by atoms with Crippen molar-refractivity contribution in [3.05, 3.63) is 41.1 Å². The molecule has 0 radical (unpaired) electrons. The number of nitriles is 1. The Kier molecular flexibility index (Phi) is 6.60. The van der Waals surface area contributed by atoms with Gasteiger partial charge in [0.15, 0.2) is 0 Å². The second-order valence-corrected chi connectivity index (χ2v) is 6.77. The van der Waals surface area contributed by atoms with Crippen molar-refractivity contribution in [2.45, 2.75) is 39.2 Å². The lowest BCUT2D eigenvalue weighted by atomic mass is 10.0. The number of likely N-dealkylation sites (tertiary alicyclic amines) is 1. The maximum absolute atomic E-state index is 12.6. The number of hydrogen-bond donors (Lipinski definition) is 1. The van der Waals surface area contributed by atoms with Crippen molar-refractivity contribution in [1.29, 1.82) is 5.26 Å². The summed E-state index contributed by atoms with van der Waals surface area (Å²) in [5.41, 5.74) is 3.05. The molecular formula is C20H28N4O. The number of nitrogens with one attached hydrogen (secondary N) is 1. The number of benzene rings is 1. The van der Waals surface area contributed by atoms with E-state index in [1.807, 2.05) is 37.1 Å². The molecular weight excluding hydrogens is 312 g/mol. The van der Waals surface area contributed by atoms with Crippen molar-refractivity contribution in [2.24, 2.45) is 0 Å². The van der Waals surface area contributed by atoms with Crippen LogP contribution in [0.4, 0.5) is 5.69 Å². The number of carbonyl (C=O) groups excluding carboxylic acids is 1. The van der Waals surface area contributed by atoms with Crippen molar-refractivity contribution in [3.8, 4) is 6.07 Å². The first-order valence-corrected chi connectivity index (χ1v) is 8.88. The number of carbonyl (C=O) groups is 1. The molecule has 1 saturated heterocycles. The van der Waals surface area contributed by atoms with Gasteiger partial charge in [-0.05, 0) is 57.5 Å². The number of rotatable bonds is 5. The minimum atomic E-state index is -0.341. The molecule has 1 amide bonds. The van der Waals surface area contributed by atoms with E-state index in [1.165, 1.54) is 0 Å². The molecule has 0 saturated carbocycles. The molecule has 1 aromatic rings. The van der Waals surface area contributed by atoms with Gasteiger partial charge < -0.3 is 15.1 Å². The smallest absolute Gasteiger partial charge is 0.267 e. The van der Waals surface area contributed by atoms with Gasteiger partial charge in [0.05, 0.1) is 0 Å². The Hall–Kier alpha value is -2.32. The van der Waals surface area contributed by atoms with Crippen LogP contribution >= 0.6 is 0 Å². The van der Waals surface area contributed by atoms with E-state index >= 15 is 0 Å². The molecule has 0 unspecified atom stereocenters. The van der Waals surface area contributed by atoms with E-state index < -0.39 is 0 Å². The third-order valence-electron chi connectivity index (χ3n) is 4.94. The standard InChI is InChI=1S/C20H28N4O/c1-5-16-8-6-7-15(2)19(16)22-20(25)17(13-21)14-24(4)18-9-11-23(3)12-10-18/h6-8,14,18H,5,9-12H2,1-4H3,(H,22,25)/b17-14-. The molecule has 134 valence electrons. The molecule has 1 heterocycles. The Morgan fingerprint density at radius 3 is 2.72 bits per heavy atom. The number of nitrogens with zero attached hydrogens (tertiary/aromatic N) is 3. The van der Waals surface area contributed by atoms with Crippen LogP contribution in [0.15, 0.2) is 30.0 Å². The highest BCUT2D eigenvalue weighted by Crippen LogP contribution is 2.22. The van der Waals surface area contributed by atoms with E-state index in [1.54, 1.807) is 6.20 Å². The first-order chi connectivity index (χ1) is 12.0. The van der Waals surface area contributed by atoms with Gasteiger partial charge in [-0.1, -0.05) is 25.1 Å². The molecule has 0 spiro atoms. The first kappa shape index (κ1) is 19.0. The van der Waals surface area contributed by atoms with Crippen molar-refractivity contribution >= 4 is 11.6 Å². The fourth-order valence-electron chi connectivity index (χ4n) is 3.23. The van der Waals surface area contributed by atoms with Gasteiger partial charge in [0.2, 0.25) is 0 Å². The van der Waals surface area contributed by atoms with Crippen LogP contribution in [-0.4, -0.2) is 48.9 Å². The molecule has 5 heteroatoms. The monoisotopic (exact) mass is 340 g/mol. The van der Waals surface area contributed by atoms with Gasteiger partial charge >= 0.3 is 0 Å². The van der Waals surface area contributed by atoms with Crippen molar-refractivity contribution in [3.63, 3.8) is 0 Å². The van der Waals surface area contributed by atoms with Crippen LogP contribution in [-0.2, 0) is 11.2 Å². The van der Waals surface area contributed by atoms with E-state index in [4.69, 9.17) is 0 Å². The molecule has 0 aliphatic carbocycles. The van der Waals surface area contributed by atoms with E-state index in [0.717, 1.165) is 49.2 Å². The summed E-state index contributed by atoms with van der Waals surface area (Å²) >= 11 is 0. The Bertz CT molecular complexity index is 681. The van der Waals surface area contributed by atoms with E-state index in [-0.39, 0.29) is 11.5 Å². The van der Waals surface area contributed by atoms with Gasteiger partial charge in [-0.3, -0.25) is 4.79 Å². The predicted octanol–water partition coefficient (Wildman–Crippen LogP) is 2.93. The van der Waals surface area contributed by atoms with Crippen molar-refractivity contribution in [2.75, 3.05) is 32.5 Å². The zero-order valence-electron chi connectivity index (χ0n) is 15.7. The minimum absolute atomic E-state index is 0.145. The molecule has 0 bridgehead atoms. The molecule has 1 aliphatic heterocycles. The van der Waals surface area contributed by atoms with Crippen LogP contribution in [0.3, 0.4) is 0 Å². The fourth-order valence-corrected chi connectivity index (χ4v) is 3.23. The third-order valence-corrected chi connectivity index (χ3v) is 4.94. The maximum atomic E-state index is 12.6. The summed E-state index contributed by atoms with van der Waals surface area (Å²) in [6.07, 6.45) is 4.61. The summed E-state index contributed by atoms with van der Waals surface area (Å²) in [6, 6.07) is 8.38. The molecule has 2 rings (SSSR count). The van der Waals surface area contributed by atoms with Gasteiger partial charge in [0, 0.05) is 25.0 Å². The molecule has 0 atom stereocenters. The Morgan fingerprint density at radius 2 is 2.12 bits per heavy atom. The lowest BCUT2D eigenvalue weighted by Crippen LogP contribution is -2.40. The summed E-state index contributed by atoms with van der Waals surface area (Å²) in [7, 11) is 4.07. The van der Waals surface area contributed by atoms with Crippen LogP contribution in [0, 0.1) is 18.3 Å². The normalized spacial score (nSPS) is 16.4. The van der Waals surface area contributed by atoms with Crippen LogP contribution in [0.25, 0.3) is 0 Å². The number of amides is 1. The fraction of sp³-hybridized carbons (Fsp3) is 0.500. The summed E-state index contributed by atoms with van der Waals surface area (Å²) in [6.45, 7) is 6.11. The number of piperidine rings is 1. The summed E-state index contributed by atoms with van der Waals surface area (Å²) in [5.74, 6) is -0.341. The topological polar surface area (TPSA) is 59.4 Å². The second-order valence-electron chi connectivity index (χ2n) is 6.77. The molecule has 25 heavy (non-hydrogen) atoms. The van der Waals surface area contributed by atoms with Crippen molar-refractivity contribution in [1.82, 2.24) is 9.80 Å². The first-order valence-electron chi connectivity index (χ1n) is 8.88. The molecule has 1 aliphatic rings. The van der Waals surface area contributed by atoms with Gasteiger partial charge in [0.25, 0.3) is 5.91 Å². The summed E-state index contributed by atoms with van der Waals surface area (Å²) in [4.78, 5) is 16.9. The summed E-state index contributed by atoms with van der Waals surface area (Å²) in [5, 5.41) is 12.4. The highest BCUT2D eigenvalue weighted by molar-refractivity contribution is 6.07. The average molecular weight is 340 g/mol. The Morgan fingerprint density at radius 1 is 1.44 bits per heavy atom. The van der Waals surface area contributed by atoms with Crippen LogP contribution < -0.4 is 5.32 Å². The van der Waals surface area contributed by atoms with Gasteiger partial charge in [-0.15, -0.1) is 0 Å². The highest BCUT2D eigenvalue weighted by Gasteiger charge is 2.21. The largest absolute Gasteiger partial charge is 0.376 e. The molecule has 1 aromatic carbocycles. The number of anilines is 1. The third kappa shape index (κ3) is 4.83. The highest BCUT2D eigenvalue weighted by atomic mass is 16.1. The Labute approximate surface area is 150 Å². The number of para-hydroxylation sites is 1. The minimum Gasteiger partial charge on any atom is -0.376 e. The quantitative estimate of drug-likeness (QED) is 0.661. The zero-order chi connectivity index (χ0) is 18.4. The maximum Gasteiger partial charge on any atom is 0.267 e. The van der Waals surface area contributed by atoms with Crippen LogP contribution in [0.5, 0.6) is 0 Å². The van der Waals surface area contributed by atoms with E-state index in [2.05, 4.69) is 30.3 Å². The number of hydrogen-bond acceptors (Lipinski definition) is 4. The van der Waals surface area contributed by atoms with Crippen LogP contribution in [0.1, 0.15) is 30.9 Å². The second kappa shape index (κ2) is 8.68. The average Bonchev–Trinajstić information content (AvgIpc) is 2.61. The molecule has 1 fully saturated rings. The Balaban J connectivity index is 2.12. The molecule has 1 N–H and O–H groups in total. The molecule has 5 nitrogen and oxygen atoms in total. The van der Waals surface area contributed by atoms with E-state index in [0.29, 0.717) is 6.04 Å². The summed E-state index contributed by atoms with van der Waals surface area (Å²) < 4.78 is 0. The van der Waals surface area contributed by atoms with Crippen molar-refractivity contribution < 1.29 is 4.79 Å². The SMILES string of the molecule is CCc1cccc(C)c1NC(=O)/C(C#N)=C\N(C)C1CCN(C)CC1.